The Morgan fingerprint density at radius 1 is 0.778 bits per heavy atom. The van der Waals surface area contributed by atoms with E-state index in [0.29, 0.717) is 0 Å². The third-order valence-electron chi connectivity index (χ3n) is 4.31. The molecule has 134 valence electrons. The molecule has 0 fully saturated rings. The number of para-hydroxylation sites is 1. The van der Waals surface area contributed by atoms with Crippen LogP contribution in [-0.4, -0.2) is 4.57 Å². The molecule has 5 aromatic rings. The van der Waals surface area contributed by atoms with Gasteiger partial charge in [-0.3, -0.25) is 0 Å². The summed E-state index contributed by atoms with van der Waals surface area (Å²) in [4.78, 5) is 0. The summed E-state index contributed by atoms with van der Waals surface area (Å²) in [7, 11) is 0. The standard InChI is InChI=1S/C17H12N.C6H7.2ClH.Hf/c1-2-7-15-12-16(11-14(15)6-1)18-10-9-13-5-3-4-8-17(13)18;1-6-4-2-3-5-6;;;/h1-12H;2-5H,1H3;2*1H;/q2*-1;;;+4/p-2. The zero-order chi connectivity index (χ0) is 16.4. The third-order valence-corrected chi connectivity index (χ3v) is 4.31. The number of rotatable bonds is 1. The van der Waals surface area contributed by atoms with E-state index < -0.39 is 0 Å². The van der Waals surface area contributed by atoms with E-state index in [9.17, 15) is 0 Å². The van der Waals surface area contributed by atoms with Gasteiger partial charge >= 0.3 is 25.8 Å². The fourth-order valence-corrected chi connectivity index (χ4v) is 3.05. The van der Waals surface area contributed by atoms with Crippen LogP contribution < -0.4 is 24.8 Å². The molecule has 0 radical (unpaired) electrons. The van der Waals surface area contributed by atoms with E-state index >= 15 is 0 Å². The van der Waals surface area contributed by atoms with Crippen molar-refractivity contribution in [3.8, 4) is 5.69 Å². The molecule has 4 aromatic carbocycles. The average molecular weight is 559 g/mol. The molecule has 5 rings (SSSR count). The molecule has 0 aliphatic rings. The largest absolute Gasteiger partial charge is 4.00 e. The summed E-state index contributed by atoms with van der Waals surface area (Å²) in [5, 5.41) is 3.87. The van der Waals surface area contributed by atoms with E-state index in [2.05, 4.69) is 96.6 Å². The van der Waals surface area contributed by atoms with Crippen LogP contribution in [0.15, 0.2) is 97.2 Å². The summed E-state index contributed by atoms with van der Waals surface area (Å²) in [6.07, 6.45) is 2.14. The summed E-state index contributed by atoms with van der Waals surface area (Å²) in [6.45, 7) is 2.08. The van der Waals surface area contributed by atoms with Crippen molar-refractivity contribution < 1.29 is 50.7 Å². The van der Waals surface area contributed by atoms with E-state index in [1.165, 1.54) is 32.9 Å². The van der Waals surface area contributed by atoms with Crippen LogP contribution >= 0.6 is 0 Å². The average Bonchev–Trinajstić information content (AvgIpc) is 3.33. The van der Waals surface area contributed by atoms with E-state index in [1.807, 2.05) is 12.1 Å². The van der Waals surface area contributed by atoms with Crippen LogP contribution in [0.25, 0.3) is 27.4 Å². The molecule has 0 N–H and O–H groups in total. The number of hydrogen-bond acceptors (Lipinski definition) is 0. The Labute approximate surface area is 191 Å². The number of halogens is 2. The molecule has 0 unspecified atom stereocenters. The van der Waals surface area contributed by atoms with Gasteiger partial charge in [-0.1, -0.05) is 31.2 Å². The molecular weight excluding hydrogens is 540 g/mol. The van der Waals surface area contributed by atoms with E-state index in [1.54, 1.807) is 0 Å². The summed E-state index contributed by atoms with van der Waals surface area (Å²) in [6, 6.07) is 31.8. The molecule has 4 heteroatoms. The first-order valence-electron chi connectivity index (χ1n) is 8.21. The van der Waals surface area contributed by atoms with Gasteiger partial charge in [-0.15, -0.1) is 41.1 Å². The number of fused-ring (bicyclic) bond motifs is 2. The smallest absolute Gasteiger partial charge is 1.00 e. The van der Waals surface area contributed by atoms with Crippen LogP contribution in [0.2, 0.25) is 0 Å². The molecule has 0 bridgehead atoms. The van der Waals surface area contributed by atoms with Crippen molar-refractivity contribution in [2.45, 2.75) is 6.92 Å². The van der Waals surface area contributed by atoms with Gasteiger partial charge in [-0.2, -0.15) is 17.7 Å². The minimum atomic E-state index is 0. The van der Waals surface area contributed by atoms with Gasteiger partial charge in [0.15, 0.2) is 0 Å². The molecule has 27 heavy (non-hydrogen) atoms. The van der Waals surface area contributed by atoms with Crippen LogP contribution in [0, 0.1) is 6.92 Å². The predicted molar refractivity (Wildman–Crippen MR) is 103 cm³/mol. The Hall–Kier alpha value is -1.61. The molecular formula is C23H19Cl2HfN. The Kier molecular flexibility index (Phi) is 9.25. The van der Waals surface area contributed by atoms with Gasteiger partial charge in [0.1, 0.15) is 0 Å². The first-order valence-corrected chi connectivity index (χ1v) is 8.21. The van der Waals surface area contributed by atoms with Crippen LogP contribution in [0.3, 0.4) is 0 Å². The minimum Gasteiger partial charge on any atom is -1.00 e. The maximum atomic E-state index is 2.25. The molecule has 0 saturated carbocycles. The van der Waals surface area contributed by atoms with Crippen LogP contribution in [0.1, 0.15) is 5.56 Å². The summed E-state index contributed by atoms with van der Waals surface area (Å²) >= 11 is 0. The summed E-state index contributed by atoms with van der Waals surface area (Å²) in [5.41, 5.74) is 3.83. The third kappa shape index (κ3) is 5.22. The maximum Gasteiger partial charge on any atom is 4.00 e. The van der Waals surface area contributed by atoms with Crippen LogP contribution in [-0.2, 0) is 25.8 Å². The fourth-order valence-electron chi connectivity index (χ4n) is 3.05. The molecule has 0 atom stereocenters. The van der Waals surface area contributed by atoms with Gasteiger partial charge in [0.05, 0.1) is 5.52 Å². The topological polar surface area (TPSA) is 4.93 Å². The fraction of sp³-hybridized carbons (Fsp3) is 0.0435. The molecule has 1 nitrogen and oxygen atoms in total. The van der Waals surface area contributed by atoms with E-state index in [-0.39, 0.29) is 50.7 Å². The van der Waals surface area contributed by atoms with Crippen molar-refractivity contribution in [3.05, 3.63) is 103 Å². The number of aromatic nitrogens is 1. The number of hydrogen-bond donors (Lipinski definition) is 0. The van der Waals surface area contributed by atoms with Crippen molar-refractivity contribution in [2.24, 2.45) is 0 Å². The number of benzene rings is 2. The predicted octanol–water partition coefficient (Wildman–Crippen LogP) is 0.222. The number of aryl methyl sites for hydroxylation is 1. The number of nitrogens with zero attached hydrogens (tertiary/aromatic N) is 1. The molecule has 0 amide bonds. The van der Waals surface area contributed by atoms with Gasteiger partial charge in [-0.25, -0.2) is 12.1 Å². The first kappa shape index (κ1) is 23.4. The van der Waals surface area contributed by atoms with Gasteiger partial charge in [0, 0.05) is 6.20 Å². The minimum absolute atomic E-state index is 0. The SMILES string of the molecule is C[c-]1cccc1.[Cl-].[Cl-].[Hf+4].c1ccc2[cH-]c(-n3ccc4ccccc43)cc2c1. The van der Waals surface area contributed by atoms with Gasteiger partial charge in [0.2, 0.25) is 0 Å². The van der Waals surface area contributed by atoms with Crippen LogP contribution in [0.4, 0.5) is 0 Å². The Morgan fingerprint density at radius 2 is 1.41 bits per heavy atom. The second-order valence-electron chi connectivity index (χ2n) is 6.05. The van der Waals surface area contributed by atoms with Crippen molar-refractivity contribution in [1.82, 2.24) is 4.57 Å². The van der Waals surface area contributed by atoms with Crippen molar-refractivity contribution in [2.75, 3.05) is 0 Å². The van der Waals surface area contributed by atoms with Crippen LogP contribution in [0.5, 0.6) is 0 Å². The zero-order valence-corrected chi connectivity index (χ0v) is 20.0. The molecule has 0 saturated heterocycles. The van der Waals surface area contributed by atoms with Crippen molar-refractivity contribution >= 4 is 21.7 Å². The maximum absolute atomic E-state index is 2.25. The van der Waals surface area contributed by atoms with Crippen molar-refractivity contribution in [1.29, 1.82) is 0 Å². The molecule has 0 aliphatic heterocycles. The van der Waals surface area contributed by atoms with Gasteiger partial charge in [-0.05, 0) is 23.2 Å². The Balaban J connectivity index is 0.000000354. The Morgan fingerprint density at radius 3 is 2.04 bits per heavy atom. The Bertz CT molecular complexity index is 1040. The van der Waals surface area contributed by atoms with Crippen molar-refractivity contribution in [3.63, 3.8) is 0 Å². The summed E-state index contributed by atoms with van der Waals surface area (Å²) < 4.78 is 2.25. The zero-order valence-electron chi connectivity index (χ0n) is 14.9. The quantitative estimate of drug-likeness (QED) is 0.205. The second kappa shape index (κ2) is 10.7. The van der Waals surface area contributed by atoms with E-state index in [0.717, 1.165) is 0 Å². The van der Waals surface area contributed by atoms with Gasteiger partial charge < -0.3 is 29.4 Å². The first-order chi connectivity index (χ1) is 11.8. The summed E-state index contributed by atoms with van der Waals surface area (Å²) in [5.74, 6) is 0. The van der Waals surface area contributed by atoms with E-state index in [4.69, 9.17) is 0 Å². The molecule has 1 aromatic heterocycles. The molecule has 0 aliphatic carbocycles. The molecule has 1 heterocycles. The van der Waals surface area contributed by atoms with Gasteiger partial charge in [0.25, 0.3) is 0 Å². The normalized spacial score (nSPS) is 9.52. The monoisotopic (exact) mass is 559 g/mol. The molecule has 0 spiro atoms. The second-order valence-corrected chi connectivity index (χ2v) is 6.05.